The number of hydrogen-bond acceptors (Lipinski definition) is 7. The fourth-order valence-electron chi connectivity index (χ4n) is 6.09. The standard InChI is InChI=1S/C27H36N5O6P/c1-5-27(6-2,38-39(34,35)36)19-8-12-31(13-9-19)22-15-23-18(16-26(3,4)37-23)14-21(22)30-25(33)20-17-29-32-11-7-10-28-24(20)32/h7,10-11,14-15,17,19H,5-6,8-9,12-13,16H2,1-4H3,(H,30,33)(H2,34,35,36). The average Bonchev–Trinajstić information content (AvgIpc) is 3.45. The summed E-state index contributed by atoms with van der Waals surface area (Å²) >= 11 is 0. The number of benzene rings is 1. The molecule has 1 fully saturated rings. The van der Waals surface area contributed by atoms with Crippen LogP contribution in [-0.4, -0.2) is 54.6 Å². The number of rotatable bonds is 8. The summed E-state index contributed by atoms with van der Waals surface area (Å²) in [6.07, 6.45) is 8.01. The lowest BCUT2D eigenvalue weighted by Gasteiger charge is -2.44. The van der Waals surface area contributed by atoms with E-state index in [4.69, 9.17) is 9.26 Å². The highest BCUT2D eigenvalue weighted by Crippen LogP contribution is 2.50. The second-order valence-electron chi connectivity index (χ2n) is 11.0. The highest BCUT2D eigenvalue weighted by molar-refractivity contribution is 7.46. The number of aromatic nitrogens is 3. The molecule has 4 heterocycles. The summed E-state index contributed by atoms with van der Waals surface area (Å²) in [5, 5.41) is 7.34. The Bertz CT molecular complexity index is 1420. The van der Waals surface area contributed by atoms with Gasteiger partial charge in [0.1, 0.15) is 16.9 Å². The maximum Gasteiger partial charge on any atom is 0.470 e. The third-order valence-electron chi connectivity index (χ3n) is 8.03. The average molecular weight is 558 g/mol. The van der Waals surface area contributed by atoms with Crippen LogP contribution in [0.15, 0.2) is 36.8 Å². The van der Waals surface area contributed by atoms with Crippen molar-refractivity contribution in [3.05, 3.63) is 47.9 Å². The van der Waals surface area contributed by atoms with Gasteiger partial charge in [0, 0.05) is 43.5 Å². The van der Waals surface area contributed by atoms with Crippen LogP contribution in [0.25, 0.3) is 5.65 Å². The van der Waals surface area contributed by atoms with Crippen molar-refractivity contribution in [1.82, 2.24) is 14.6 Å². The molecule has 5 rings (SSSR count). The van der Waals surface area contributed by atoms with Crippen LogP contribution < -0.4 is 15.0 Å². The van der Waals surface area contributed by atoms with E-state index < -0.39 is 13.4 Å². The van der Waals surface area contributed by atoms with Crippen molar-refractivity contribution in [1.29, 1.82) is 0 Å². The van der Waals surface area contributed by atoms with E-state index in [-0.39, 0.29) is 17.4 Å². The highest BCUT2D eigenvalue weighted by atomic mass is 31.2. The number of phosphoric acid groups is 1. The molecule has 39 heavy (non-hydrogen) atoms. The van der Waals surface area contributed by atoms with Crippen molar-refractivity contribution >= 4 is 30.8 Å². The van der Waals surface area contributed by atoms with Gasteiger partial charge in [-0.25, -0.2) is 14.1 Å². The molecule has 0 atom stereocenters. The van der Waals surface area contributed by atoms with Crippen molar-refractivity contribution in [3.63, 3.8) is 0 Å². The minimum Gasteiger partial charge on any atom is -0.487 e. The quantitative estimate of drug-likeness (QED) is 0.340. The van der Waals surface area contributed by atoms with Gasteiger partial charge in [-0.1, -0.05) is 13.8 Å². The van der Waals surface area contributed by atoms with Crippen LogP contribution in [0.2, 0.25) is 0 Å². The van der Waals surface area contributed by atoms with Gasteiger partial charge >= 0.3 is 7.82 Å². The van der Waals surface area contributed by atoms with Crippen LogP contribution in [-0.2, 0) is 15.5 Å². The fraction of sp³-hybridized carbons (Fsp3) is 0.519. The lowest BCUT2D eigenvalue weighted by atomic mass is 9.77. The molecular formula is C27H36N5O6P. The number of piperidine rings is 1. The normalized spacial score (nSPS) is 17.7. The zero-order valence-corrected chi connectivity index (χ0v) is 23.6. The molecule has 3 aromatic rings. The van der Waals surface area contributed by atoms with E-state index in [1.54, 1.807) is 23.0 Å². The summed E-state index contributed by atoms with van der Waals surface area (Å²) in [6.45, 7) is 9.18. The molecule has 0 radical (unpaired) electrons. The fourth-order valence-corrected chi connectivity index (χ4v) is 6.97. The topological polar surface area (TPSA) is 139 Å². The zero-order chi connectivity index (χ0) is 28.0. The van der Waals surface area contributed by atoms with E-state index in [2.05, 4.69) is 20.3 Å². The van der Waals surface area contributed by atoms with Gasteiger partial charge in [0.25, 0.3) is 5.91 Å². The van der Waals surface area contributed by atoms with Crippen LogP contribution in [0.1, 0.15) is 69.3 Å². The molecule has 11 nitrogen and oxygen atoms in total. The molecule has 2 aliphatic rings. The van der Waals surface area contributed by atoms with Crippen LogP contribution in [0, 0.1) is 5.92 Å². The lowest BCUT2D eigenvalue weighted by Crippen LogP contribution is -2.46. The number of fused-ring (bicyclic) bond motifs is 2. The molecule has 1 saturated heterocycles. The summed E-state index contributed by atoms with van der Waals surface area (Å²) in [4.78, 5) is 39.1. The lowest BCUT2D eigenvalue weighted by molar-refractivity contribution is -0.0317. The van der Waals surface area contributed by atoms with Crippen LogP contribution in [0.5, 0.6) is 5.75 Å². The molecule has 2 aromatic heterocycles. The Kier molecular flexibility index (Phi) is 7.22. The molecule has 210 valence electrons. The molecule has 3 N–H and O–H groups in total. The second-order valence-corrected chi connectivity index (χ2v) is 12.2. The molecule has 0 spiro atoms. The predicted molar refractivity (Wildman–Crippen MR) is 147 cm³/mol. The molecule has 0 bridgehead atoms. The Labute approximate surface area is 227 Å². The van der Waals surface area contributed by atoms with Gasteiger partial charge in [-0.3, -0.25) is 9.32 Å². The Hall–Kier alpha value is -2.98. The summed E-state index contributed by atoms with van der Waals surface area (Å²) in [7, 11) is -4.64. The second kappa shape index (κ2) is 10.2. The first-order valence-corrected chi connectivity index (χ1v) is 14.9. The molecule has 0 saturated carbocycles. The van der Waals surface area contributed by atoms with Crippen molar-refractivity contribution in [3.8, 4) is 5.75 Å². The smallest absolute Gasteiger partial charge is 0.470 e. The number of carbonyl (C=O) groups is 1. The van der Waals surface area contributed by atoms with Gasteiger partial charge in [0.2, 0.25) is 0 Å². The highest BCUT2D eigenvalue weighted by Gasteiger charge is 2.43. The summed E-state index contributed by atoms with van der Waals surface area (Å²) in [6, 6.07) is 5.73. The van der Waals surface area contributed by atoms with Crippen LogP contribution in [0.3, 0.4) is 0 Å². The predicted octanol–water partition coefficient (Wildman–Crippen LogP) is 4.58. The molecule has 1 aromatic carbocycles. The maximum atomic E-state index is 13.4. The first-order chi connectivity index (χ1) is 18.4. The number of anilines is 2. The number of nitrogens with one attached hydrogen (secondary N) is 1. The molecule has 0 aliphatic carbocycles. The third kappa shape index (κ3) is 5.54. The molecular weight excluding hydrogens is 521 g/mol. The summed E-state index contributed by atoms with van der Waals surface area (Å²) < 4.78 is 24.9. The number of amides is 1. The molecule has 12 heteroatoms. The number of phosphoric ester groups is 1. The van der Waals surface area contributed by atoms with Crippen molar-refractivity contribution in [2.45, 2.75) is 71.0 Å². The maximum absolute atomic E-state index is 13.4. The summed E-state index contributed by atoms with van der Waals surface area (Å²) in [5.41, 5.74) is 2.17. The number of hydrogen-bond donors (Lipinski definition) is 3. The Morgan fingerprint density at radius 2 is 1.97 bits per heavy atom. The van der Waals surface area contributed by atoms with E-state index in [1.807, 2.05) is 39.8 Å². The Morgan fingerprint density at radius 1 is 1.26 bits per heavy atom. The number of nitrogens with zero attached hydrogens (tertiary/aromatic N) is 4. The first kappa shape index (κ1) is 27.6. The van der Waals surface area contributed by atoms with Gasteiger partial charge in [-0.05, 0) is 57.6 Å². The molecule has 1 amide bonds. The SMILES string of the molecule is CCC(CC)(OP(=O)(O)O)C1CCN(c2cc3c(cc2NC(=O)c2cnn4cccnc24)CC(C)(C)O3)CC1. The van der Waals surface area contributed by atoms with Crippen molar-refractivity contribution in [2.75, 3.05) is 23.3 Å². The van der Waals surface area contributed by atoms with Gasteiger partial charge in [-0.15, -0.1) is 0 Å². The van der Waals surface area contributed by atoms with E-state index in [9.17, 15) is 19.1 Å². The Morgan fingerprint density at radius 3 is 2.64 bits per heavy atom. The molecule has 0 unspecified atom stereocenters. The zero-order valence-electron chi connectivity index (χ0n) is 22.8. The number of carbonyl (C=O) groups excluding carboxylic acids is 1. The van der Waals surface area contributed by atoms with E-state index in [0.717, 1.165) is 23.4 Å². The minimum absolute atomic E-state index is 0.0103. The van der Waals surface area contributed by atoms with Crippen LogP contribution >= 0.6 is 7.82 Å². The largest absolute Gasteiger partial charge is 0.487 e. The van der Waals surface area contributed by atoms with E-state index in [1.165, 1.54) is 6.20 Å². The van der Waals surface area contributed by atoms with Gasteiger partial charge in [-0.2, -0.15) is 5.10 Å². The van der Waals surface area contributed by atoms with Gasteiger partial charge < -0.3 is 24.7 Å². The third-order valence-corrected chi connectivity index (χ3v) is 8.63. The van der Waals surface area contributed by atoms with E-state index >= 15 is 0 Å². The van der Waals surface area contributed by atoms with Crippen molar-refractivity contribution in [2.24, 2.45) is 5.92 Å². The minimum atomic E-state index is -4.64. The van der Waals surface area contributed by atoms with Gasteiger partial charge in [0.15, 0.2) is 5.65 Å². The van der Waals surface area contributed by atoms with Gasteiger partial charge in [0.05, 0.1) is 23.2 Å². The first-order valence-electron chi connectivity index (χ1n) is 13.4. The van der Waals surface area contributed by atoms with Crippen molar-refractivity contribution < 1.29 is 28.4 Å². The van der Waals surface area contributed by atoms with E-state index in [0.29, 0.717) is 55.7 Å². The Balaban J connectivity index is 1.42. The number of ether oxygens (including phenoxy) is 1. The monoisotopic (exact) mass is 557 g/mol. The van der Waals surface area contributed by atoms with Crippen LogP contribution in [0.4, 0.5) is 11.4 Å². The summed E-state index contributed by atoms with van der Waals surface area (Å²) in [5.74, 6) is 0.488. The molecule has 2 aliphatic heterocycles.